The fourth-order valence-electron chi connectivity index (χ4n) is 2.64. The third-order valence-corrected chi connectivity index (χ3v) is 3.78. The van der Waals surface area contributed by atoms with E-state index in [1.54, 1.807) is 12.5 Å². The summed E-state index contributed by atoms with van der Waals surface area (Å²) in [6.45, 7) is 0.636. The molecule has 2 aromatic heterocycles. The quantitative estimate of drug-likeness (QED) is 0.572. The Balaban J connectivity index is 1.80. The SMILES string of the molecule is c1ccc(-c2cc(-c3ccccc3)n(Cn3ccnc3)n2)cc1. The fraction of sp³-hybridized carbons (Fsp3) is 0.0526. The summed E-state index contributed by atoms with van der Waals surface area (Å²) in [5, 5.41) is 4.80. The standard InChI is InChI=1S/C19H16N4/c1-3-7-16(8-4-1)18-13-19(17-9-5-2-6-10-17)23(21-18)15-22-12-11-20-14-22/h1-14H,15H2. The minimum Gasteiger partial charge on any atom is -0.317 e. The maximum absolute atomic E-state index is 4.80. The normalized spacial score (nSPS) is 10.8. The van der Waals surface area contributed by atoms with Gasteiger partial charge in [0.05, 0.1) is 17.7 Å². The van der Waals surface area contributed by atoms with Crippen molar-refractivity contribution in [3.8, 4) is 22.5 Å². The van der Waals surface area contributed by atoms with Gasteiger partial charge >= 0.3 is 0 Å². The molecule has 0 radical (unpaired) electrons. The lowest BCUT2D eigenvalue weighted by atomic mass is 10.1. The molecule has 4 nitrogen and oxygen atoms in total. The molecule has 0 saturated heterocycles. The minimum absolute atomic E-state index is 0.636. The van der Waals surface area contributed by atoms with Gasteiger partial charge in [-0.1, -0.05) is 60.7 Å². The Morgan fingerprint density at radius 3 is 2.17 bits per heavy atom. The molecule has 0 fully saturated rings. The van der Waals surface area contributed by atoms with Crippen molar-refractivity contribution in [2.24, 2.45) is 0 Å². The van der Waals surface area contributed by atoms with Crippen LogP contribution >= 0.6 is 0 Å². The van der Waals surface area contributed by atoms with Crippen molar-refractivity contribution in [1.82, 2.24) is 19.3 Å². The monoisotopic (exact) mass is 300 g/mol. The van der Waals surface area contributed by atoms with Crippen LogP contribution in [0.15, 0.2) is 85.5 Å². The van der Waals surface area contributed by atoms with Gasteiger partial charge in [0.2, 0.25) is 0 Å². The molecule has 0 saturated carbocycles. The van der Waals surface area contributed by atoms with Crippen molar-refractivity contribution in [2.75, 3.05) is 0 Å². The average Bonchev–Trinajstić information content (AvgIpc) is 3.27. The average molecular weight is 300 g/mol. The van der Waals surface area contributed by atoms with Crippen LogP contribution in [0.1, 0.15) is 0 Å². The molecular formula is C19H16N4. The van der Waals surface area contributed by atoms with E-state index in [9.17, 15) is 0 Å². The molecule has 0 aliphatic carbocycles. The lowest BCUT2D eigenvalue weighted by Gasteiger charge is -2.08. The van der Waals surface area contributed by atoms with Gasteiger partial charge in [0.15, 0.2) is 0 Å². The first-order valence-corrected chi connectivity index (χ1v) is 7.54. The first-order valence-electron chi connectivity index (χ1n) is 7.54. The second-order valence-corrected chi connectivity index (χ2v) is 5.36. The number of rotatable bonds is 4. The molecule has 0 spiro atoms. The molecule has 4 heteroatoms. The Morgan fingerprint density at radius 2 is 1.52 bits per heavy atom. The smallest absolute Gasteiger partial charge is 0.117 e. The molecule has 0 amide bonds. The molecule has 0 aliphatic heterocycles. The van der Waals surface area contributed by atoms with Gasteiger partial charge in [0.1, 0.15) is 6.67 Å². The number of nitrogens with zero attached hydrogens (tertiary/aromatic N) is 4. The van der Waals surface area contributed by atoms with Crippen molar-refractivity contribution in [1.29, 1.82) is 0 Å². The Labute approximate surface area is 134 Å². The summed E-state index contributed by atoms with van der Waals surface area (Å²) >= 11 is 0. The number of imidazole rings is 1. The van der Waals surface area contributed by atoms with E-state index in [1.165, 1.54) is 0 Å². The van der Waals surface area contributed by atoms with Crippen molar-refractivity contribution < 1.29 is 0 Å². The fourth-order valence-corrected chi connectivity index (χ4v) is 2.64. The predicted molar refractivity (Wildman–Crippen MR) is 90.7 cm³/mol. The van der Waals surface area contributed by atoms with Crippen molar-refractivity contribution in [2.45, 2.75) is 6.67 Å². The van der Waals surface area contributed by atoms with Gasteiger partial charge in [-0.05, 0) is 11.6 Å². The lowest BCUT2D eigenvalue weighted by molar-refractivity contribution is 0.554. The number of aromatic nitrogens is 4. The molecular weight excluding hydrogens is 284 g/mol. The highest BCUT2D eigenvalue weighted by molar-refractivity contribution is 5.68. The van der Waals surface area contributed by atoms with E-state index in [0.717, 1.165) is 22.5 Å². The minimum atomic E-state index is 0.636. The molecule has 0 atom stereocenters. The van der Waals surface area contributed by atoms with Crippen LogP contribution in [-0.2, 0) is 6.67 Å². The highest BCUT2D eigenvalue weighted by atomic mass is 15.3. The van der Waals surface area contributed by atoms with Crippen molar-refractivity contribution >= 4 is 0 Å². The zero-order chi connectivity index (χ0) is 15.5. The summed E-state index contributed by atoms with van der Waals surface area (Å²) in [4.78, 5) is 4.11. The molecule has 23 heavy (non-hydrogen) atoms. The maximum Gasteiger partial charge on any atom is 0.117 e. The Kier molecular flexibility index (Phi) is 3.48. The third-order valence-electron chi connectivity index (χ3n) is 3.78. The van der Waals surface area contributed by atoms with Crippen LogP contribution in [0.3, 0.4) is 0 Å². The zero-order valence-electron chi connectivity index (χ0n) is 12.6. The maximum atomic E-state index is 4.80. The summed E-state index contributed by atoms with van der Waals surface area (Å²) < 4.78 is 4.02. The van der Waals surface area contributed by atoms with E-state index in [0.29, 0.717) is 6.67 Å². The first kappa shape index (κ1) is 13.5. The Hall–Kier alpha value is -3.14. The largest absolute Gasteiger partial charge is 0.317 e. The van der Waals surface area contributed by atoms with Crippen LogP contribution in [0.5, 0.6) is 0 Å². The van der Waals surface area contributed by atoms with Crippen LogP contribution in [0.25, 0.3) is 22.5 Å². The van der Waals surface area contributed by atoms with Gasteiger partial charge in [-0.3, -0.25) is 0 Å². The van der Waals surface area contributed by atoms with Crippen molar-refractivity contribution in [3.63, 3.8) is 0 Å². The van der Waals surface area contributed by atoms with E-state index in [4.69, 9.17) is 5.10 Å². The second-order valence-electron chi connectivity index (χ2n) is 5.36. The molecule has 4 aromatic rings. The number of hydrogen-bond donors (Lipinski definition) is 0. The lowest BCUT2D eigenvalue weighted by Crippen LogP contribution is -2.09. The molecule has 0 unspecified atom stereocenters. The van der Waals surface area contributed by atoms with Crippen LogP contribution in [-0.4, -0.2) is 19.3 Å². The van der Waals surface area contributed by atoms with Crippen LogP contribution in [0.2, 0.25) is 0 Å². The van der Waals surface area contributed by atoms with E-state index in [2.05, 4.69) is 35.3 Å². The number of benzene rings is 2. The van der Waals surface area contributed by atoms with E-state index in [-0.39, 0.29) is 0 Å². The Bertz CT molecular complexity index is 878. The van der Waals surface area contributed by atoms with Crippen molar-refractivity contribution in [3.05, 3.63) is 85.5 Å². The molecule has 0 bridgehead atoms. The van der Waals surface area contributed by atoms with E-state index >= 15 is 0 Å². The van der Waals surface area contributed by atoms with Crippen LogP contribution in [0, 0.1) is 0 Å². The summed E-state index contributed by atoms with van der Waals surface area (Å²) in [5.74, 6) is 0. The van der Waals surface area contributed by atoms with Gasteiger partial charge in [0, 0.05) is 18.0 Å². The predicted octanol–water partition coefficient (Wildman–Crippen LogP) is 3.92. The summed E-state index contributed by atoms with van der Waals surface area (Å²) in [6, 6.07) is 22.7. The Morgan fingerprint density at radius 1 is 0.826 bits per heavy atom. The second kappa shape index (κ2) is 5.93. The molecule has 4 rings (SSSR count). The molecule has 0 N–H and O–H groups in total. The molecule has 2 heterocycles. The van der Waals surface area contributed by atoms with E-state index in [1.807, 2.05) is 51.8 Å². The third kappa shape index (κ3) is 2.79. The molecule has 112 valence electrons. The van der Waals surface area contributed by atoms with Crippen LogP contribution < -0.4 is 0 Å². The molecule has 2 aromatic carbocycles. The van der Waals surface area contributed by atoms with Crippen LogP contribution in [0.4, 0.5) is 0 Å². The summed E-state index contributed by atoms with van der Waals surface area (Å²) in [5.41, 5.74) is 4.35. The van der Waals surface area contributed by atoms with Gasteiger partial charge in [-0.15, -0.1) is 0 Å². The molecule has 0 aliphatic rings. The van der Waals surface area contributed by atoms with Gasteiger partial charge in [-0.2, -0.15) is 5.10 Å². The van der Waals surface area contributed by atoms with Gasteiger partial charge in [-0.25, -0.2) is 9.67 Å². The summed E-state index contributed by atoms with van der Waals surface area (Å²) in [6.07, 6.45) is 5.53. The van der Waals surface area contributed by atoms with E-state index < -0.39 is 0 Å². The highest BCUT2D eigenvalue weighted by Crippen LogP contribution is 2.26. The topological polar surface area (TPSA) is 35.6 Å². The summed E-state index contributed by atoms with van der Waals surface area (Å²) in [7, 11) is 0. The zero-order valence-corrected chi connectivity index (χ0v) is 12.6. The van der Waals surface area contributed by atoms with Gasteiger partial charge in [0.25, 0.3) is 0 Å². The highest BCUT2D eigenvalue weighted by Gasteiger charge is 2.11. The first-order chi connectivity index (χ1) is 11.4. The number of hydrogen-bond acceptors (Lipinski definition) is 2. The van der Waals surface area contributed by atoms with Gasteiger partial charge < -0.3 is 4.57 Å².